The first-order valence-electron chi connectivity index (χ1n) is 5.44. The third kappa shape index (κ3) is 1.59. The summed E-state index contributed by atoms with van der Waals surface area (Å²) in [4.78, 5) is 23.0. The Morgan fingerprint density at radius 2 is 2.12 bits per heavy atom. The molecule has 0 atom stereocenters. The Hall–Kier alpha value is -1.43. The van der Waals surface area contributed by atoms with Crippen molar-refractivity contribution in [1.82, 2.24) is 14.3 Å². The molecule has 3 rings (SSSR count). The summed E-state index contributed by atoms with van der Waals surface area (Å²) in [7, 11) is 0. The second-order valence-electron chi connectivity index (χ2n) is 3.97. The van der Waals surface area contributed by atoms with Crippen LogP contribution in [-0.4, -0.2) is 27.4 Å². The lowest BCUT2D eigenvalue weighted by atomic mass is 10.1. The van der Waals surface area contributed by atoms with E-state index in [2.05, 4.69) is 19.2 Å². The standard InChI is InChI=1S/C10H12N4OS/c15-8-7-6-11-10(12-9(7)16-13-8)14-4-2-1-3-5-14/h6H,1-5H2,(H,13,15). The summed E-state index contributed by atoms with van der Waals surface area (Å²) in [6.07, 6.45) is 5.31. The molecule has 2 aromatic heterocycles. The van der Waals surface area contributed by atoms with Crippen LogP contribution in [0.15, 0.2) is 11.0 Å². The molecule has 2 aromatic rings. The molecule has 0 aliphatic carbocycles. The van der Waals surface area contributed by atoms with Crippen LogP contribution < -0.4 is 10.5 Å². The molecule has 84 valence electrons. The number of aromatic amines is 1. The average Bonchev–Trinajstić information content (AvgIpc) is 2.72. The van der Waals surface area contributed by atoms with E-state index in [0.29, 0.717) is 5.39 Å². The van der Waals surface area contributed by atoms with Crippen molar-refractivity contribution in [2.24, 2.45) is 0 Å². The van der Waals surface area contributed by atoms with Crippen LogP contribution in [0.4, 0.5) is 5.95 Å². The highest BCUT2D eigenvalue weighted by atomic mass is 32.1. The van der Waals surface area contributed by atoms with Gasteiger partial charge in [-0.2, -0.15) is 0 Å². The summed E-state index contributed by atoms with van der Waals surface area (Å²) in [6.45, 7) is 2.04. The number of rotatable bonds is 1. The minimum absolute atomic E-state index is 0.0924. The molecule has 0 unspecified atom stereocenters. The summed E-state index contributed by atoms with van der Waals surface area (Å²) < 4.78 is 2.67. The highest BCUT2D eigenvalue weighted by molar-refractivity contribution is 7.12. The first-order valence-corrected chi connectivity index (χ1v) is 6.25. The smallest absolute Gasteiger partial charge is 0.269 e. The summed E-state index contributed by atoms with van der Waals surface area (Å²) in [5.74, 6) is 0.752. The van der Waals surface area contributed by atoms with Gasteiger partial charge in [-0.15, -0.1) is 0 Å². The summed E-state index contributed by atoms with van der Waals surface area (Å²) in [5.41, 5.74) is -0.0924. The van der Waals surface area contributed by atoms with Crippen LogP contribution in [0, 0.1) is 0 Å². The lowest BCUT2D eigenvalue weighted by Gasteiger charge is -2.26. The number of hydrogen-bond acceptors (Lipinski definition) is 5. The molecule has 1 saturated heterocycles. The van der Waals surface area contributed by atoms with Crippen molar-refractivity contribution >= 4 is 27.7 Å². The molecular weight excluding hydrogens is 224 g/mol. The molecule has 1 aliphatic rings. The molecule has 1 N–H and O–H groups in total. The van der Waals surface area contributed by atoms with Crippen molar-refractivity contribution in [2.75, 3.05) is 18.0 Å². The maximum atomic E-state index is 11.3. The van der Waals surface area contributed by atoms with Crippen LogP contribution in [0.1, 0.15) is 19.3 Å². The topological polar surface area (TPSA) is 61.9 Å². The van der Waals surface area contributed by atoms with Crippen LogP contribution in [0.2, 0.25) is 0 Å². The fraction of sp³-hybridized carbons (Fsp3) is 0.500. The van der Waals surface area contributed by atoms with Crippen molar-refractivity contribution in [3.8, 4) is 0 Å². The maximum Gasteiger partial charge on any atom is 0.269 e. The number of nitrogens with one attached hydrogen (secondary N) is 1. The van der Waals surface area contributed by atoms with E-state index in [9.17, 15) is 4.79 Å². The highest BCUT2D eigenvalue weighted by Crippen LogP contribution is 2.18. The van der Waals surface area contributed by atoms with E-state index in [-0.39, 0.29) is 5.56 Å². The summed E-state index contributed by atoms with van der Waals surface area (Å²) >= 11 is 1.28. The lowest BCUT2D eigenvalue weighted by molar-refractivity contribution is 0.569. The van der Waals surface area contributed by atoms with Crippen molar-refractivity contribution in [2.45, 2.75) is 19.3 Å². The minimum atomic E-state index is -0.0924. The van der Waals surface area contributed by atoms with Crippen molar-refractivity contribution < 1.29 is 0 Å². The number of aromatic nitrogens is 3. The van der Waals surface area contributed by atoms with E-state index in [1.807, 2.05) is 0 Å². The molecule has 1 fully saturated rings. The number of anilines is 1. The first kappa shape index (κ1) is 9.77. The van der Waals surface area contributed by atoms with Crippen LogP contribution in [0.25, 0.3) is 10.2 Å². The van der Waals surface area contributed by atoms with E-state index in [0.717, 1.165) is 23.9 Å². The zero-order valence-corrected chi connectivity index (χ0v) is 9.59. The highest BCUT2D eigenvalue weighted by Gasteiger charge is 2.14. The van der Waals surface area contributed by atoms with Gasteiger partial charge in [0.25, 0.3) is 5.56 Å². The lowest BCUT2D eigenvalue weighted by Crippen LogP contribution is -2.30. The Labute approximate surface area is 96.3 Å². The Morgan fingerprint density at radius 3 is 2.94 bits per heavy atom. The van der Waals surface area contributed by atoms with Crippen LogP contribution in [-0.2, 0) is 0 Å². The molecule has 0 bridgehead atoms. The number of H-pyrrole nitrogens is 1. The van der Waals surface area contributed by atoms with Gasteiger partial charge in [-0.1, -0.05) is 0 Å². The molecule has 1 aliphatic heterocycles. The molecule has 3 heterocycles. The van der Waals surface area contributed by atoms with E-state index < -0.39 is 0 Å². The van der Waals surface area contributed by atoms with E-state index in [1.54, 1.807) is 6.20 Å². The summed E-state index contributed by atoms with van der Waals surface area (Å²) in [6, 6.07) is 0. The average molecular weight is 236 g/mol. The third-order valence-corrected chi connectivity index (χ3v) is 3.66. The van der Waals surface area contributed by atoms with Gasteiger partial charge in [-0.25, -0.2) is 9.97 Å². The van der Waals surface area contributed by atoms with Crippen molar-refractivity contribution in [3.05, 3.63) is 16.6 Å². The van der Waals surface area contributed by atoms with Crippen LogP contribution in [0.5, 0.6) is 0 Å². The van der Waals surface area contributed by atoms with Gasteiger partial charge in [0.05, 0.1) is 5.39 Å². The molecular formula is C10H12N4OS. The molecule has 0 spiro atoms. The van der Waals surface area contributed by atoms with Gasteiger partial charge < -0.3 is 4.90 Å². The molecule has 6 heteroatoms. The van der Waals surface area contributed by atoms with Gasteiger partial charge in [0.1, 0.15) is 0 Å². The largest absolute Gasteiger partial charge is 0.341 e. The van der Waals surface area contributed by atoms with Crippen LogP contribution >= 0.6 is 11.5 Å². The van der Waals surface area contributed by atoms with E-state index >= 15 is 0 Å². The van der Waals surface area contributed by atoms with Gasteiger partial charge in [0, 0.05) is 19.3 Å². The predicted octanol–water partition coefficient (Wildman–Crippen LogP) is 1.37. The second-order valence-corrected chi connectivity index (χ2v) is 4.76. The zero-order valence-electron chi connectivity index (χ0n) is 8.77. The van der Waals surface area contributed by atoms with Crippen molar-refractivity contribution in [1.29, 1.82) is 0 Å². The Balaban J connectivity index is 2.01. The maximum absolute atomic E-state index is 11.3. The number of hydrogen-bond donors (Lipinski definition) is 1. The quantitative estimate of drug-likeness (QED) is 0.812. The van der Waals surface area contributed by atoms with Gasteiger partial charge >= 0.3 is 0 Å². The Morgan fingerprint density at radius 1 is 1.31 bits per heavy atom. The number of nitrogens with zero attached hydrogens (tertiary/aromatic N) is 3. The third-order valence-electron chi connectivity index (χ3n) is 2.87. The second kappa shape index (κ2) is 3.86. The number of piperidine rings is 1. The molecule has 0 radical (unpaired) electrons. The Bertz CT molecular complexity index is 555. The van der Waals surface area contributed by atoms with Gasteiger partial charge in [-0.3, -0.25) is 9.17 Å². The van der Waals surface area contributed by atoms with Crippen LogP contribution in [0.3, 0.4) is 0 Å². The van der Waals surface area contributed by atoms with E-state index in [1.165, 1.54) is 30.8 Å². The van der Waals surface area contributed by atoms with Crippen molar-refractivity contribution in [3.63, 3.8) is 0 Å². The normalized spacial score (nSPS) is 16.9. The summed E-state index contributed by atoms with van der Waals surface area (Å²) in [5, 5.41) is 0.589. The van der Waals surface area contributed by atoms with Gasteiger partial charge in [-0.05, 0) is 30.8 Å². The Kier molecular flexibility index (Phi) is 2.36. The molecule has 0 aromatic carbocycles. The van der Waals surface area contributed by atoms with Gasteiger partial charge in [0.15, 0.2) is 4.83 Å². The van der Waals surface area contributed by atoms with E-state index in [4.69, 9.17) is 0 Å². The zero-order chi connectivity index (χ0) is 11.0. The fourth-order valence-corrected chi connectivity index (χ4v) is 2.67. The first-order chi connectivity index (χ1) is 7.84. The SMILES string of the molecule is O=c1[nH]sc2nc(N3CCCCC3)ncc12. The van der Waals surface area contributed by atoms with Gasteiger partial charge in [0.2, 0.25) is 5.95 Å². The monoisotopic (exact) mass is 236 g/mol. The number of fused-ring (bicyclic) bond motifs is 1. The molecule has 16 heavy (non-hydrogen) atoms. The molecule has 0 amide bonds. The fourth-order valence-electron chi connectivity index (χ4n) is 1.99. The molecule has 0 saturated carbocycles. The predicted molar refractivity (Wildman–Crippen MR) is 64.1 cm³/mol. The minimum Gasteiger partial charge on any atom is -0.341 e. The molecule has 5 nitrogen and oxygen atoms in total.